The quantitative estimate of drug-likeness (QED) is 0.784. The van der Waals surface area contributed by atoms with E-state index in [0.717, 1.165) is 16.7 Å². The highest BCUT2D eigenvalue weighted by atomic mass is 79.9. The molecule has 0 bridgehead atoms. The lowest BCUT2D eigenvalue weighted by Gasteiger charge is -2.07. The lowest BCUT2D eigenvalue weighted by atomic mass is 10.0. The van der Waals surface area contributed by atoms with Crippen LogP contribution in [0.1, 0.15) is 18.5 Å². The van der Waals surface area contributed by atoms with Gasteiger partial charge in [-0.1, -0.05) is 15.9 Å². The Morgan fingerprint density at radius 2 is 2.43 bits per heavy atom. The molecule has 2 nitrogen and oxygen atoms in total. The average molecular weight is 271 g/mol. The van der Waals surface area contributed by atoms with Gasteiger partial charge >= 0.3 is 0 Å². The van der Waals surface area contributed by atoms with Gasteiger partial charge in [0.25, 0.3) is 0 Å². The summed E-state index contributed by atoms with van der Waals surface area (Å²) in [5, 5.41) is 3.19. The van der Waals surface area contributed by atoms with Gasteiger partial charge in [0.15, 0.2) is 4.96 Å². The third-order valence-corrected chi connectivity index (χ3v) is 4.90. The number of hydrogen-bond donors (Lipinski definition) is 0. The lowest BCUT2D eigenvalue weighted by molar-refractivity contribution is 0.578. The molecule has 14 heavy (non-hydrogen) atoms. The summed E-state index contributed by atoms with van der Waals surface area (Å²) in [6.07, 6.45) is 8.07. The van der Waals surface area contributed by atoms with Crippen molar-refractivity contribution in [3.05, 3.63) is 23.5 Å². The van der Waals surface area contributed by atoms with E-state index in [1.165, 1.54) is 18.5 Å². The molecule has 0 saturated heterocycles. The van der Waals surface area contributed by atoms with Crippen molar-refractivity contribution >= 4 is 32.2 Å². The van der Waals surface area contributed by atoms with Gasteiger partial charge in [0.2, 0.25) is 0 Å². The molecule has 0 amide bonds. The Balaban J connectivity index is 1.88. The molecule has 0 atom stereocenters. The third kappa shape index (κ3) is 1.41. The first-order valence-corrected chi connectivity index (χ1v) is 6.79. The summed E-state index contributed by atoms with van der Waals surface area (Å²) in [6.45, 7) is 0. The largest absolute Gasteiger partial charge is 0.297 e. The highest BCUT2D eigenvalue weighted by Gasteiger charge is 2.41. The third-order valence-electron chi connectivity index (χ3n) is 2.94. The fraction of sp³-hybridized carbons (Fsp3) is 0.500. The van der Waals surface area contributed by atoms with Crippen molar-refractivity contribution in [2.45, 2.75) is 19.3 Å². The van der Waals surface area contributed by atoms with E-state index < -0.39 is 0 Å². The smallest absolute Gasteiger partial charge is 0.193 e. The van der Waals surface area contributed by atoms with E-state index in [-0.39, 0.29) is 0 Å². The second-order valence-electron chi connectivity index (χ2n) is 4.14. The van der Waals surface area contributed by atoms with Gasteiger partial charge in [-0.15, -0.1) is 11.3 Å². The molecular weight excluding hydrogens is 260 g/mol. The minimum atomic E-state index is 0.532. The highest BCUT2D eigenvalue weighted by molar-refractivity contribution is 9.09. The average Bonchev–Trinajstić information content (AvgIpc) is 2.62. The van der Waals surface area contributed by atoms with Crippen LogP contribution in [-0.4, -0.2) is 14.7 Å². The number of rotatable bonds is 3. The second kappa shape index (κ2) is 3.07. The van der Waals surface area contributed by atoms with Crippen LogP contribution < -0.4 is 0 Å². The molecule has 1 fully saturated rings. The van der Waals surface area contributed by atoms with Crippen LogP contribution in [0.25, 0.3) is 4.96 Å². The van der Waals surface area contributed by atoms with E-state index in [9.17, 15) is 0 Å². The first-order valence-electron chi connectivity index (χ1n) is 4.78. The van der Waals surface area contributed by atoms with E-state index in [1.54, 1.807) is 11.3 Å². The zero-order chi connectivity index (χ0) is 9.60. The molecule has 2 aromatic rings. The predicted molar refractivity (Wildman–Crippen MR) is 62.2 cm³/mol. The lowest BCUT2D eigenvalue weighted by Crippen LogP contribution is -2.06. The summed E-state index contributed by atoms with van der Waals surface area (Å²) in [5.74, 6) is 0. The minimum absolute atomic E-state index is 0.532. The molecule has 0 N–H and O–H groups in total. The van der Waals surface area contributed by atoms with Crippen molar-refractivity contribution in [2.24, 2.45) is 5.41 Å². The Kier molecular flexibility index (Phi) is 1.96. The molecule has 0 spiro atoms. The van der Waals surface area contributed by atoms with Gasteiger partial charge in [0, 0.05) is 23.1 Å². The fourth-order valence-electron chi connectivity index (χ4n) is 1.78. The molecule has 1 aliphatic carbocycles. The van der Waals surface area contributed by atoms with Crippen LogP contribution in [0, 0.1) is 5.41 Å². The number of hydrogen-bond acceptors (Lipinski definition) is 2. The van der Waals surface area contributed by atoms with E-state index in [0.29, 0.717) is 5.41 Å². The van der Waals surface area contributed by atoms with E-state index in [4.69, 9.17) is 0 Å². The molecule has 1 aliphatic rings. The molecular formula is C10H11BrN2S. The van der Waals surface area contributed by atoms with Gasteiger partial charge in [-0.3, -0.25) is 4.40 Å². The Hall–Kier alpha value is -0.350. The first-order chi connectivity index (χ1) is 6.81. The van der Waals surface area contributed by atoms with Crippen LogP contribution in [0.5, 0.6) is 0 Å². The second-order valence-corrected chi connectivity index (χ2v) is 5.57. The fourth-order valence-corrected chi connectivity index (χ4v) is 3.26. The molecule has 1 saturated carbocycles. The summed E-state index contributed by atoms with van der Waals surface area (Å²) in [6, 6.07) is 0. The zero-order valence-corrected chi connectivity index (χ0v) is 10.1. The molecule has 0 unspecified atom stereocenters. The first kappa shape index (κ1) is 8.92. The zero-order valence-electron chi connectivity index (χ0n) is 7.74. The summed E-state index contributed by atoms with van der Waals surface area (Å²) in [4.78, 5) is 5.72. The van der Waals surface area contributed by atoms with Crippen molar-refractivity contribution in [1.29, 1.82) is 0 Å². The maximum absolute atomic E-state index is 4.61. The van der Waals surface area contributed by atoms with Gasteiger partial charge in [0.1, 0.15) is 0 Å². The topological polar surface area (TPSA) is 17.3 Å². The van der Waals surface area contributed by atoms with Crippen LogP contribution in [0.2, 0.25) is 0 Å². The number of nitrogens with zero attached hydrogens (tertiary/aromatic N) is 2. The summed E-state index contributed by atoms with van der Waals surface area (Å²) in [5.41, 5.74) is 1.78. The molecule has 0 aliphatic heterocycles. The molecule has 2 aromatic heterocycles. The number of aromatic nitrogens is 2. The Morgan fingerprint density at radius 3 is 3.07 bits per heavy atom. The summed E-state index contributed by atoms with van der Waals surface area (Å²) in [7, 11) is 0. The van der Waals surface area contributed by atoms with Crippen LogP contribution in [0.15, 0.2) is 17.8 Å². The number of thiazole rings is 1. The van der Waals surface area contributed by atoms with E-state index >= 15 is 0 Å². The normalized spacial score (nSPS) is 18.9. The van der Waals surface area contributed by atoms with Crippen molar-refractivity contribution in [1.82, 2.24) is 9.38 Å². The summed E-state index contributed by atoms with van der Waals surface area (Å²) < 4.78 is 2.12. The molecule has 0 radical (unpaired) electrons. The molecule has 2 heterocycles. The predicted octanol–water partition coefficient (Wildman–Crippen LogP) is 3.11. The Morgan fingerprint density at radius 1 is 1.57 bits per heavy atom. The van der Waals surface area contributed by atoms with Gasteiger partial charge < -0.3 is 0 Å². The number of fused-ring (bicyclic) bond motifs is 1. The van der Waals surface area contributed by atoms with Crippen molar-refractivity contribution in [3.8, 4) is 0 Å². The standard InChI is InChI=1S/C10H11BrN2S/c11-7-10(1-2-10)5-8-6-13-3-4-14-9(13)12-8/h3-4,6H,1-2,5,7H2. The number of halogens is 1. The Labute approximate surface area is 95.1 Å². The van der Waals surface area contributed by atoms with Gasteiger partial charge in [0.05, 0.1) is 5.69 Å². The van der Waals surface area contributed by atoms with Gasteiger partial charge in [-0.2, -0.15) is 0 Å². The van der Waals surface area contributed by atoms with Crippen molar-refractivity contribution in [2.75, 3.05) is 5.33 Å². The van der Waals surface area contributed by atoms with Crippen LogP contribution in [0.4, 0.5) is 0 Å². The van der Waals surface area contributed by atoms with Gasteiger partial charge in [-0.25, -0.2) is 4.98 Å². The minimum Gasteiger partial charge on any atom is -0.297 e. The maximum atomic E-state index is 4.61. The van der Waals surface area contributed by atoms with E-state index in [2.05, 4.69) is 43.1 Å². The van der Waals surface area contributed by atoms with Crippen LogP contribution in [-0.2, 0) is 6.42 Å². The van der Waals surface area contributed by atoms with Gasteiger partial charge in [-0.05, 0) is 24.7 Å². The number of imidazole rings is 1. The highest BCUT2D eigenvalue weighted by Crippen LogP contribution is 2.49. The number of alkyl halides is 1. The molecule has 4 heteroatoms. The van der Waals surface area contributed by atoms with E-state index in [1.807, 2.05) is 0 Å². The summed E-state index contributed by atoms with van der Waals surface area (Å²) >= 11 is 5.30. The van der Waals surface area contributed by atoms with Crippen LogP contribution in [0.3, 0.4) is 0 Å². The van der Waals surface area contributed by atoms with Crippen LogP contribution >= 0.6 is 27.3 Å². The monoisotopic (exact) mass is 270 g/mol. The van der Waals surface area contributed by atoms with Crippen molar-refractivity contribution in [3.63, 3.8) is 0 Å². The molecule has 0 aromatic carbocycles. The van der Waals surface area contributed by atoms with Crippen molar-refractivity contribution < 1.29 is 0 Å². The molecule has 3 rings (SSSR count). The maximum Gasteiger partial charge on any atom is 0.193 e. The SMILES string of the molecule is BrCC1(Cc2cn3ccsc3n2)CC1. The Bertz CT molecular complexity index is 427. The molecule has 74 valence electrons.